The number of rotatable bonds is 4. The predicted molar refractivity (Wildman–Crippen MR) is 70.7 cm³/mol. The van der Waals surface area contributed by atoms with Crippen LogP contribution in [0.2, 0.25) is 0 Å². The largest absolute Gasteiger partial charge is 0.497 e. The standard InChI is InChI=1S/C13H14N2O5/c1-19-8-3-7(4-9(5-8)20-2)15-6-10(16)11(12(15)14)13(17)18/h3-5H,6,14H2,1-2H3,(H,17,18). The van der Waals surface area contributed by atoms with E-state index in [0.717, 1.165) is 0 Å². The number of benzene rings is 1. The second-order valence-corrected chi connectivity index (χ2v) is 4.15. The normalized spacial score (nSPS) is 14.7. The molecule has 1 aromatic carbocycles. The van der Waals surface area contributed by atoms with Gasteiger partial charge in [0.25, 0.3) is 0 Å². The molecule has 0 radical (unpaired) electrons. The van der Waals surface area contributed by atoms with Crippen molar-refractivity contribution in [1.82, 2.24) is 0 Å². The minimum atomic E-state index is -1.33. The van der Waals surface area contributed by atoms with Crippen LogP contribution in [0.15, 0.2) is 29.6 Å². The monoisotopic (exact) mass is 278 g/mol. The Morgan fingerprint density at radius 2 is 1.80 bits per heavy atom. The molecule has 3 N–H and O–H groups in total. The molecule has 2 rings (SSSR count). The highest BCUT2D eigenvalue weighted by molar-refractivity contribution is 6.21. The molecule has 0 unspecified atom stereocenters. The molecule has 0 aromatic heterocycles. The molecular weight excluding hydrogens is 264 g/mol. The van der Waals surface area contributed by atoms with Crippen LogP contribution in [0, 0.1) is 0 Å². The van der Waals surface area contributed by atoms with Crippen molar-refractivity contribution < 1.29 is 24.2 Å². The Balaban J connectivity index is 2.47. The SMILES string of the molecule is COc1cc(OC)cc(N2CC(=O)C(C(=O)O)=C2N)c1. The lowest BCUT2D eigenvalue weighted by atomic mass is 10.2. The predicted octanol–water partition coefficient (Wildman–Crippen LogP) is 0.348. The van der Waals surface area contributed by atoms with Crippen molar-refractivity contribution in [3.8, 4) is 11.5 Å². The number of nitrogens with two attached hydrogens (primary N) is 1. The molecule has 7 heteroatoms. The Bertz CT molecular complexity index is 587. The maximum atomic E-state index is 11.7. The Labute approximate surface area is 115 Å². The summed E-state index contributed by atoms with van der Waals surface area (Å²) >= 11 is 0. The van der Waals surface area contributed by atoms with Crippen molar-refractivity contribution in [3.63, 3.8) is 0 Å². The number of anilines is 1. The molecule has 0 aliphatic carbocycles. The zero-order valence-corrected chi connectivity index (χ0v) is 11.0. The van der Waals surface area contributed by atoms with Crippen LogP contribution in [-0.4, -0.2) is 37.6 Å². The van der Waals surface area contributed by atoms with E-state index in [1.54, 1.807) is 18.2 Å². The van der Waals surface area contributed by atoms with Gasteiger partial charge in [0.2, 0.25) is 0 Å². The highest BCUT2D eigenvalue weighted by Crippen LogP contribution is 2.32. The molecule has 0 fully saturated rings. The molecule has 20 heavy (non-hydrogen) atoms. The van der Waals surface area contributed by atoms with E-state index in [2.05, 4.69) is 0 Å². The molecule has 106 valence electrons. The number of nitrogens with zero attached hydrogens (tertiary/aromatic N) is 1. The number of ether oxygens (including phenoxy) is 2. The topological polar surface area (TPSA) is 102 Å². The number of carboxylic acids is 1. The van der Waals surface area contributed by atoms with Crippen molar-refractivity contribution in [1.29, 1.82) is 0 Å². The van der Waals surface area contributed by atoms with Gasteiger partial charge in [-0.05, 0) is 0 Å². The summed E-state index contributed by atoms with van der Waals surface area (Å²) in [5.41, 5.74) is 5.89. The first-order valence-electron chi connectivity index (χ1n) is 5.74. The number of aliphatic carboxylic acids is 1. The first-order chi connectivity index (χ1) is 9.47. The van der Waals surface area contributed by atoms with Gasteiger partial charge in [-0.2, -0.15) is 0 Å². The second-order valence-electron chi connectivity index (χ2n) is 4.15. The fourth-order valence-electron chi connectivity index (χ4n) is 1.99. The second kappa shape index (κ2) is 5.12. The Hall–Kier alpha value is -2.70. The fourth-order valence-corrected chi connectivity index (χ4v) is 1.99. The van der Waals surface area contributed by atoms with E-state index in [-0.39, 0.29) is 12.4 Å². The van der Waals surface area contributed by atoms with E-state index in [1.807, 2.05) is 0 Å². The molecule has 1 aliphatic rings. The van der Waals surface area contributed by atoms with E-state index >= 15 is 0 Å². The number of methoxy groups -OCH3 is 2. The Morgan fingerprint density at radius 1 is 1.25 bits per heavy atom. The number of ketones is 1. The third-order valence-corrected chi connectivity index (χ3v) is 2.99. The third kappa shape index (κ3) is 2.25. The summed E-state index contributed by atoms with van der Waals surface area (Å²) in [6, 6.07) is 4.96. The van der Waals surface area contributed by atoms with E-state index in [4.69, 9.17) is 20.3 Å². The molecule has 1 aliphatic heterocycles. The Morgan fingerprint density at radius 3 is 2.20 bits per heavy atom. The molecule has 0 bridgehead atoms. The number of carbonyl (C=O) groups excluding carboxylic acids is 1. The number of carbonyl (C=O) groups is 2. The van der Waals surface area contributed by atoms with Crippen molar-refractivity contribution in [2.24, 2.45) is 5.73 Å². The minimum Gasteiger partial charge on any atom is -0.497 e. The summed E-state index contributed by atoms with van der Waals surface area (Å²) < 4.78 is 10.3. The number of hydrogen-bond donors (Lipinski definition) is 2. The van der Waals surface area contributed by atoms with Crippen LogP contribution >= 0.6 is 0 Å². The quantitative estimate of drug-likeness (QED) is 0.766. The van der Waals surface area contributed by atoms with Crippen LogP contribution in [0.25, 0.3) is 0 Å². The summed E-state index contributed by atoms with van der Waals surface area (Å²) in [4.78, 5) is 24.1. The van der Waals surface area contributed by atoms with Gasteiger partial charge in [-0.15, -0.1) is 0 Å². The van der Waals surface area contributed by atoms with E-state index in [9.17, 15) is 9.59 Å². The van der Waals surface area contributed by atoms with Gasteiger partial charge in [-0.3, -0.25) is 4.79 Å². The van der Waals surface area contributed by atoms with Crippen LogP contribution in [0.3, 0.4) is 0 Å². The molecule has 0 spiro atoms. The van der Waals surface area contributed by atoms with Gasteiger partial charge < -0.3 is 25.2 Å². The fraction of sp³-hybridized carbons (Fsp3) is 0.231. The van der Waals surface area contributed by atoms with Crippen LogP contribution < -0.4 is 20.1 Å². The van der Waals surface area contributed by atoms with Crippen molar-refractivity contribution in [2.45, 2.75) is 0 Å². The van der Waals surface area contributed by atoms with E-state index in [1.165, 1.54) is 19.1 Å². The average Bonchev–Trinajstić information content (AvgIpc) is 2.73. The maximum Gasteiger partial charge on any atom is 0.343 e. The van der Waals surface area contributed by atoms with Crippen molar-refractivity contribution >= 4 is 17.4 Å². The smallest absolute Gasteiger partial charge is 0.343 e. The van der Waals surface area contributed by atoms with E-state index < -0.39 is 17.3 Å². The van der Waals surface area contributed by atoms with Gasteiger partial charge in [0, 0.05) is 18.2 Å². The van der Waals surface area contributed by atoms with Gasteiger partial charge >= 0.3 is 5.97 Å². The van der Waals surface area contributed by atoms with Gasteiger partial charge in [-0.1, -0.05) is 0 Å². The minimum absolute atomic E-state index is 0.0854. The lowest BCUT2D eigenvalue weighted by molar-refractivity contribution is -0.134. The van der Waals surface area contributed by atoms with Gasteiger partial charge in [0.05, 0.1) is 26.5 Å². The summed E-state index contributed by atoms with van der Waals surface area (Å²) in [6.07, 6.45) is 0. The van der Waals surface area contributed by atoms with Gasteiger partial charge in [0.15, 0.2) is 5.78 Å². The van der Waals surface area contributed by atoms with E-state index in [0.29, 0.717) is 17.2 Å². The summed E-state index contributed by atoms with van der Waals surface area (Å²) in [7, 11) is 2.99. The number of carboxylic acid groups (broad SMARTS) is 1. The van der Waals surface area contributed by atoms with Crippen LogP contribution in [0.4, 0.5) is 5.69 Å². The zero-order valence-electron chi connectivity index (χ0n) is 11.0. The molecule has 1 aromatic rings. The molecule has 0 amide bonds. The highest BCUT2D eigenvalue weighted by Gasteiger charge is 2.33. The van der Waals surface area contributed by atoms with Crippen LogP contribution in [0.5, 0.6) is 11.5 Å². The molecule has 1 heterocycles. The van der Waals surface area contributed by atoms with Gasteiger partial charge in [-0.25, -0.2) is 4.79 Å². The summed E-state index contributed by atoms with van der Waals surface area (Å²) in [5.74, 6) is -0.911. The molecular formula is C13H14N2O5. The summed E-state index contributed by atoms with van der Waals surface area (Å²) in [6.45, 7) is -0.121. The zero-order chi connectivity index (χ0) is 14.9. The average molecular weight is 278 g/mol. The third-order valence-electron chi connectivity index (χ3n) is 2.99. The van der Waals surface area contributed by atoms with Crippen LogP contribution in [0.1, 0.15) is 0 Å². The lowest BCUT2D eigenvalue weighted by Gasteiger charge is -2.20. The summed E-state index contributed by atoms with van der Waals surface area (Å²) in [5, 5.41) is 8.99. The molecule has 0 saturated heterocycles. The maximum absolute atomic E-state index is 11.7. The first kappa shape index (κ1) is 13.7. The Kier molecular flexibility index (Phi) is 3.51. The highest BCUT2D eigenvalue weighted by atomic mass is 16.5. The van der Waals surface area contributed by atoms with Crippen LogP contribution in [-0.2, 0) is 9.59 Å². The molecule has 0 saturated carbocycles. The van der Waals surface area contributed by atoms with Crippen molar-refractivity contribution in [2.75, 3.05) is 25.7 Å². The number of Topliss-reactive ketones (excluding diaryl/α,β-unsaturated/α-hetero) is 1. The first-order valence-corrected chi connectivity index (χ1v) is 5.74. The lowest BCUT2D eigenvalue weighted by Crippen LogP contribution is -2.25. The van der Waals surface area contributed by atoms with Crippen molar-refractivity contribution in [3.05, 3.63) is 29.6 Å². The van der Waals surface area contributed by atoms with Gasteiger partial charge in [0.1, 0.15) is 22.9 Å². The number of hydrogen-bond acceptors (Lipinski definition) is 6. The molecule has 7 nitrogen and oxygen atoms in total. The molecule has 0 atom stereocenters.